The van der Waals surface area contributed by atoms with Gasteiger partial charge in [-0.2, -0.15) is 0 Å². The van der Waals surface area contributed by atoms with Crippen LogP contribution in [0.3, 0.4) is 0 Å². The highest BCUT2D eigenvalue weighted by molar-refractivity contribution is 5.22. The predicted molar refractivity (Wildman–Crippen MR) is 102 cm³/mol. The summed E-state index contributed by atoms with van der Waals surface area (Å²) in [6.07, 6.45) is 5.52. The van der Waals surface area contributed by atoms with Gasteiger partial charge in [-0.3, -0.25) is 9.88 Å². The standard InChI is InChI=1S/C21H28FN3O2/c1-21(2,3)27-20-19(23-10-11-24-20)14-25-12-8-16(9-13-25)15-26-18-6-4-17(22)5-7-18/h4-7,10-11,16H,8-9,12-15H2,1-3H3. The summed E-state index contributed by atoms with van der Waals surface area (Å²) in [7, 11) is 0. The molecule has 1 fully saturated rings. The number of halogens is 1. The van der Waals surface area contributed by atoms with Crippen molar-refractivity contribution in [2.75, 3.05) is 19.7 Å². The van der Waals surface area contributed by atoms with Crippen LogP contribution in [0.5, 0.6) is 11.6 Å². The second-order valence-electron chi connectivity index (χ2n) is 8.01. The van der Waals surface area contributed by atoms with Crippen molar-refractivity contribution in [3.63, 3.8) is 0 Å². The number of likely N-dealkylation sites (tertiary alicyclic amines) is 1. The quantitative estimate of drug-likeness (QED) is 0.763. The zero-order valence-electron chi connectivity index (χ0n) is 16.3. The lowest BCUT2D eigenvalue weighted by Crippen LogP contribution is -2.35. The monoisotopic (exact) mass is 373 g/mol. The minimum Gasteiger partial charge on any atom is -0.493 e. The molecule has 0 bridgehead atoms. The SMILES string of the molecule is CC(C)(C)Oc1nccnc1CN1CCC(COc2ccc(F)cc2)CC1. The highest BCUT2D eigenvalue weighted by atomic mass is 19.1. The average Bonchev–Trinajstić information content (AvgIpc) is 2.63. The summed E-state index contributed by atoms with van der Waals surface area (Å²) in [6.45, 7) is 9.42. The maximum absolute atomic E-state index is 12.9. The predicted octanol–water partition coefficient (Wildman–Crippen LogP) is 4.08. The van der Waals surface area contributed by atoms with Gasteiger partial charge in [-0.05, 0) is 76.9 Å². The van der Waals surface area contributed by atoms with E-state index in [4.69, 9.17) is 9.47 Å². The maximum Gasteiger partial charge on any atom is 0.237 e. The van der Waals surface area contributed by atoms with Crippen LogP contribution in [-0.2, 0) is 6.54 Å². The van der Waals surface area contributed by atoms with Gasteiger partial charge in [0, 0.05) is 18.9 Å². The maximum atomic E-state index is 12.9. The van der Waals surface area contributed by atoms with E-state index in [2.05, 4.69) is 14.9 Å². The Balaban J connectivity index is 1.48. The highest BCUT2D eigenvalue weighted by Crippen LogP contribution is 2.24. The van der Waals surface area contributed by atoms with Gasteiger partial charge < -0.3 is 9.47 Å². The van der Waals surface area contributed by atoms with E-state index in [0.29, 0.717) is 18.4 Å². The molecule has 1 aliphatic heterocycles. The van der Waals surface area contributed by atoms with E-state index in [1.54, 1.807) is 24.5 Å². The van der Waals surface area contributed by atoms with Crippen LogP contribution in [0.2, 0.25) is 0 Å². The van der Waals surface area contributed by atoms with E-state index in [9.17, 15) is 4.39 Å². The van der Waals surface area contributed by atoms with E-state index in [-0.39, 0.29) is 11.4 Å². The Labute approximate surface area is 160 Å². The van der Waals surface area contributed by atoms with Crippen LogP contribution in [0.4, 0.5) is 4.39 Å². The molecule has 0 N–H and O–H groups in total. The number of aromatic nitrogens is 2. The molecule has 1 aromatic carbocycles. The number of hydrogen-bond acceptors (Lipinski definition) is 5. The zero-order chi connectivity index (χ0) is 19.3. The van der Waals surface area contributed by atoms with Gasteiger partial charge in [-0.1, -0.05) is 0 Å². The molecule has 0 aliphatic carbocycles. The fourth-order valence-corrected chi connectivity index (χ4v) is 3.11. The molecule has 1 aliphatic rings. The van der Waals surface area contributed by atoms with Crippen molar-refractivity contribution in [1.82, 2.24) is 14.9 Å². The molecule has 146 valence electrons. The highest BCUT2D eigenvalue weighted by Gasteiger charge is 2.23. The van der Waals surface area contributed by atoms with Crippen molar-refractivity contribution in [2.45, 2.75) is 45.8 Å². The summed E-state index contributed by atoms with van der Waals surface area (Å²) >= 11 is 0. The van der Waals surface area contributed by atoms with E-state index >= 15 is 0 Å². The zero-order valence-corrected chi connectivity index (χ0v) is 16.3. The number of piperidine rings is 1. The first-order valence-electron chi connectivity index (χ1n) is 9.49. The molecule has 2 aromatic rings. The van der Waals surface area contributed by atoms with Crippen LogP contribution in [0, 0.1) is 11.7 Å². The average molecular weight is 373 g/mol. The van der Waals surface area contributed by atoms with Crippen LogP contribution >= 0.6 is 0 Å². The third-order valence-electron chi connectivity index (χ3n) is 4.52. The van der Waals surface area contributed by atoms with E-state index in [1.807, 2.05) is 20.8 Å². The molecule has 1 aromatic heterocycles. The van der Waals surface area contributed by atoms with Gasteiger partial charge in [0.25, 0.3) is 0 Å². The van der Waals surface area contributed by atoms with Crippen molar-refractivity contribution in [3.05, 3.63) is 48.2 Å². The molecule has 27 heavy (non-hydrogen) atoms. The Morgan fingerprint density at radius 3 is 2.41 bits per heavy atom. The summed E-state index contributed by atoms with van der Waals surface area (Å²) in [5.41, 5.74) is 0.587. The van der Waals surface area contributed by atoms with Gasteiger partial charge in [0.1, 0.15) is 22.9 Å². The van der Waals surface area contributed by atoms with Crippen molar-refractivity contribution in [1.29, 1.82) is 0 Å². The molecule has 0 radical (unpaired) electrons. The van der Waals surface area contributed by atoms with Crippen molar-refractivity contribution >= 4 is 0 Å². The van der Waals surface area contributed by atoms with Crippen LogP contribution < -0.4 is 9.47 Å². The summed E-state index contributed by atoms with van der Waals surface area (Å²) in [4.78, 5) is 11.2. The Kier molecular flexibility index (Phi) is 6.26. The normalized spacial score (nSPS) is 16.3. The molecule has 2 heterocycles. The second-order valence-corrected chi connectivity index (χ2v) is 8.01. The fraction of sp³-hybridized carbons (Fsp3) is 0.524. The van der Waals surface area contributed by atoms with Crippen LogP contribution in [0.25, 0.3) is 0 Å². The minimum atomic E-state index is -0.296. The van der Waals surface area contributed by atoms with Gasteiger partial charge in [0.2, 0.25) is 5.88 Å². The third kappa shape index (κ3) is 6.17. The molecule has 0 saturated carbocycles. The summed E-state index contributed by atoms with van der Waals surface area (Å²) in [6, 6.07) is 6.21. The van der Waals surface area contributed by atoms with Gasteiger partial charge in [-0.15, -0.1) is 0 Å². The van der Waals surface area contributed by atoms with Gasteiger partial charge in [0.05, 0.1) is 6.61 Å². The Morgan fingerprint density at radius 1 is 1.07 bits per heavy atom. The van der Waals surface area contributed by atoms with Gasteiger partial charge in [-0.25, -0.2) is 9.37 Å². The number of benzene rings is 1. The number of hydrogen-bond donors (Lipinski definition) is 0. The Bertz CT molecular complexity index is 723. The molecule has 6 heteroatoms. The first-order chi connectivity index (χ1) is 12.9. The van der Waals surface area contributed by atoms with E-state index < -0.39 is 0 Å². The molecule has 3 rings (SSSR count). The van der Waals surface area contributed by atoms with Gasteiger partial charge >= 0.3 is 0 Å². The smallest absolute Gasteiger partial charge is 0.237 e. The Hall–Kier alpha value is -2.21. The second kappa shape index (κ2) is 8.65. The lowest BCUT2D eigenvalue weighted by molar-refractivity contribution is 0.112. The van der Waals surface area contributed by atoms with Crippen LogP contribution in [0.1, 0.15) is 39.3 Å². The van der Waals surface area contributed by atoms with Crippen molar-refractivity contribution < 1.29 is 13.9 Å². The molecular formula is C21H28FN3O2. The molecule has 0 atom stereocenters. The first-order valence-corrected chi connectivity index (χ1v) is 9.49. The third-order valence-corrected chi connectivity index (χ3v) is 4.52. The molecule has 0 spiro atoms. The lowest BCUT2D eigenvalue weighted by Gasteiger charge is -2.32. The van der Waals surface area contributed by atoms with Crippen molar-refractivity contribution in [3.8, 4) is 11.6 Å². The van der Waals surface area contributed by atoms with E-state index in [1.165, 1.54) is 12.1 Å². The van der Waals surface area contributed by atoms with Crippen LogP contribution in [-0.4, -0.2) is 40.2 Å². The molecule has 5 nitrogen and oxygen atoms in total. The molecule has 0 unspecified atom stereocenters. The molecule has 0 amide bonds. The number of ether oxygens (including phenoxy) is 2. The number of rotatable bonds is 6. The Morgan fingerprint density at radius 2 is 1.74 bits per heavy atom. The summed E-state index contributed by atoms with van der Waals surface area (Å²) in [5, 5.41) is 0. The first kappa shape index (κ1) is 19.5. The summed E-state index contributed by atoms with van der Waals surface area (Å²) < 4.78 is 24.7. The molecular weight excluding hydrogens is 345 g/mol. The van der Waals surface area contributed by atoms with Crippen LogP contribution in [0.15, 0.2) is 36.7 Å². The number of nitrogens with zero attached hydrogens (tertiary/aromatic N) is 3. The lowest BCUT2D eigenvalue weighted by atomic mass is 9.97. The molecule has 1 saturated heterocycles. The summed E-state index contributed by atoms with van der Waals surface area (Å²) in [5.74, 6) is 1.61. The van der Waals surface area contributed by atoms with E-state index in [0.717, 1.165) is 43.9 Å². The topological polar surface area (TPSA) is 47.5 Å². The largest absolute Gasteiger partial charge is 0.493 e. The fourth-order valence-electron chi connectivity index (χ4n) is 3.11. The minimum absolute atomic E-state index is 0.241. The van der Waals surface area contributed by atoms with Crippen molar-refractivity contribution in [2.24, 2.45) is 5.92 Å². The van der Waals surface area contributed by atoms with Gasteiger partial charge in [0.15, 0.2) is 0 Å².